The zero-order valence-corrected chi connectivity index (χ0v) is 13.6. The number of benzene rings is 2. The summed E-state index contributed by atoms with van der Waals surface area (Å²) in [6, 6.07) is 14.5. The van der Waals surface area contributed by atoms with Crippen LogP contribution < -0.4 is 4.90 Å². The van der Waals surface area contributed by atoms with E-state index in [4.69, 9.17) is 4.55 Å². The molecule has 0 saturated carbocycles. The normalized spacial score (nSPS) is 14.7. The summed E-state index contributed by atoms with van der Waals surface area (Å²) in [5.41, 5.74) is 3.18. The van der Waals surface area contributed by atoms with Crippen LogP contribution in [0.2, 0.25) is 0 Å². The minimum atomic E-state index is -4.13. The Hall–Kier alpha value is -1.56. The summed E-state index contributed by atoms with van der Waals surface area (Å²) in [4.78, 5) is 2.28. The van der Waals surface area contributed by atoms with Gasteiger partial charge in [0.1, 0.15) is 0 Å². The molecule has 0 atom stereocenters. The molecule has 118 valence electrons. The molecule has 1 heterocycles. The average molecular weight is 340 g/mol. The van der Waals surface area contributed by atoms with E-state index in [1.165, 1.54) is 30.7 Å². The molecule has 0 unspecified atom stereocenters. The highest BCUT2D eigenvalue weighted by Gasteiger charge is 2.12. The summed E-state index contributed by atoms with van der Waals surface area (Å²) in [5.74, 6) is 0. The second-order valence-electron chi connectivity index (χ2n) is 5.24. The van der Waals surface area contributed by atoms with E-state index in [1.54, 1.807) is 12.1 Å². The van der Waals surface area contributed by atoms with Crippen molar-refractivity contribution in [3.63, 3.8) is 0 Å². The molecule has 1 saturated heterocycles. The molecule has 0 spiro atoms. The number of halogens is 1. The Bertz CT molecular complexity index is 721. The number of nitrogens with zero attached hydrogens (tertiary/aromatic N) is 1. The Balaban J connectivity index is 0.00000176. The van der Waals surface area contributed by atoms with Crippen molar-refractivity contribution < 1.29 is 13.0 Å². The van der Waals surface area contributed by atoms with Gasteiger partial charge in [-0.05, 0) is 48.2 Å². The molecule has 0 bridgehead atoms. The SMILES string of the molecule is Cl.O=S(=O)(O)c1ccc(-c2ccc(N3CCCC3)cc2)cc1. The highest BCUT2D eigenvalue weighted by molar-refractivity contribution is 7.85. The zero-order valence-electron chi connectivity index (χ0n) is 12.0. The van der Waals surface area contributed by atoms with Crippen LogP contribution in [0, 0.1) is 0 Å². The van der Waals surface area contributed by atoms with Gasteiger partial charge in [-0.2, -0.15) is 8.42 Å². The molecule has 2 aromatic carbocycles. The van der Waals surface area contributed by atoms with E-state index in [2.05, 4.69) is 17.0 Å². The highest BCUT2D eigenvalue weighted by atomic mass is 35.5. The Kier molecular flexibility index (Phi) is 5.11. The second kappa shape index (κ2) is 6.69. The fraction of sp³-hybridized carbons (Fsp3) is 0.250. The smallest absolute Gasteiger partial charge is 0.294 e. The third kappa shape index (κ3) is 3.61. The lowest BCUT2D eigenvalue weighted by Crippen LogP contribution is -2.17. The van der Waals surface area contributed by atoms with Crippen LogP contribution in [-0.4, -0.2) is 26.1 Å². The van der Waals surface area contributed by atoms with Crippen LogP contribution in [0.4, 0.5) is 5.69 Å². The van der Waals surface area contributed by atoms with Gasteiger partial charge in [-0.1, -0.05) is 24.3 Å². The maximum Gasteiger partial charge on any atom is 0.294 e. The van der Waals surface area contributed by atoms with Gasteiger partial charge in [-0.25, -0.2) is 0 Å². The minimum Gasteiger partial charge on any atom is -0.372 e. The zero-order chi connectivity index (χ0) is 14.9. The Morgan fingerprint density at radius 2 is 1.27 bits per heavy atom. The third-order valence-electron chi connectivity index (χ3n) is 3.82. The van der Waals surface area contributed by atoms with Gasteiger partial charge in [0, 0.05) is 18.8 Å². The molecule has 4 nitrogen and oxygen atoms in total. The summed E-state index contributed by atoms with van der Waals surface area (Å²) in [6.45, 7) is 2.23. The van der Waals surface area contributed by atoms with Gasteiger partial charge in [0.05, 0.1) is 4.90 Å². The lowest BCUT2D eigenvalue weighted by atomic mass is 10.1. The molecule has 0 radical (unpaired) electrons. The molecule has 1 aliphatic heterocycles. The van der Waals surface area contributed by atoms with E-state index in [1.807, 2.05) is 12.1 Å². The van der Waals surface area contributed by atoms with E-state index >= 15 is 0 Å². The number of rotatable bonds is 3. The van der Waals surface area contributed by atoms with E-state index in [9.17, 15) is 8.42 Å². The maximum absolute atomic E-state index is 11.0. The van der Waals surface area contributed by atoms with Crippen LogP contribution in [0.15, 0.2) is 53.4 Å². The summed E-state index contributed by atoms with van der Waals surface area (Å²) in [6.07, 6.45) is 2.50. The lowest BCUT2D eigenvalue weighted by molar-refractivity contribution is 0.483. The van der Waals surface area contributed by atoms with E-state index in [0.717, 1.165) is 24.2 Å². The van der Waals surface area contributed by atoms with Crippen LogP contribution in [0.1, 0.15) is 12.8 Å². The van der Waals surface area contributed by atoms with Crippen LogP contribution in [0.5, 0.6) is 0 Å². The third-order valence-corrected chi connectivity index (χ3v) is 4.69. The predicted octanol–water partition coefficient (Wildman–Crippen LogP) is 3.62. The maximum atomic E-state index is 11.0. The molecule has 1 N–H and O–H groups in total. The van der Waals surface area contributed by atoms with E-state index in [0.29, 0.717) is 0 Å². The Morgan fingerprint density at radius 1 is 0.818 bits per heavy atom. The molecule has 1 aliphatic rings. The Morgan fingerprint density at radius 3 is 1.73 bits per heavy atom. The lowest BCUT2D eigenvalue weighted by Gasteiger charge is -2.17. The van der Waals surface area contributed by atoms with E-state index in [-0.39, 0.29) is 17.3 Å². The number of anilines is 1. The monoisotopic (exact) mass is 339 g/mol. The van der Waals surface area contributed by atoms with Crippen molar-refractivity contribution in [1.29, 1.82) is 0 Å². The molecule has 0 aromatic heterocycles. The fourth-order valence-corrected chi connectivity index (χ4v) is 3.14. The first-order chi connectivity index (χ1) is 10.0. The standard InChI is InChI=1S/C16H17NO3S.ClH/c18-21(19,20)16-9-5-14(6-10-16)13-3-7-15(8-4-13)17-11-1-2-12-17;/h3-10H,1-2,11-12H2,(H,18,19,20);1H. The van der Waals surface area contributed by atoms with Crippen molar-refractivity contribution in [1.82, 2.24) is 0 Å². The van der Waals surface area contributed by atoms with Crippen molar-refractivity contribution in [2.75, 3.05) is 18.0 Å². The molecule has 22 heavy (non-hydrogen) atoms. The first kappa shape index (κ1) is 16.8. The van der Waals surface area contributed by atoms with Crippen molar-refractivity contribution in [3.8, 4) is 11.1 Å². The van der Waals surface area contributed by atoms with Crippen molar-refractivity contribution in [2.45, 2.75) is 17.7 Å². The summed E-state index contributed by atoms with van der Waals surface area (Å²) in [5, 5.41) is 0. The summed E-state index contributed by atoms with van der Waals surface area (Å²) in [7, 11) is -4.13. The molecular formula is C16H18ClNO3S. The molecule has 2 aromatic rings. The van der Waals surface area contributed by atoms with Crippen molar-refractivity contribution >= 4 is 28.2 Å². The molecule has 0 amide bonds. The van der Waals surface area contributed by atoms with Crippen LogP contribution in [-0.2, 0) is 10.1 Å². The van der Waals surface area contributed by atoms with Gasteiger partial charge in [-0.3, -0.25) is 4.55 Å². The van der Waals surface area contributed by atoms with Crippen LogP contribution in [0.25, 0.3) is 11.1 Å². The van der Waals surface area contributed by atoms with Gasteiger partial charge in [0.25, 0.3) is 10.1 Å². The number of hydrogen-bond acceptors (Lipinski definition) is 3. The minimum absolute atomic E-state index is 0. The Labute approximate surface area is 136 Å². The van der Waals surface area contributed by atoms with Gasteiger partial charge >= 0.3 is 0 Å². The molecule has 1 fully saturated rings. The molecular weight excluding hydrogens is 322 g/mol. The first-order valence-corrected chi connectivity index (χ1v) is 8.41. The average Bonchev–Trinajstić information content (AvgIpc) is 3.01. The molecule has 3 rings (SSSR count). The molecule has 6 heteroatoms. The van der Waals surface area contributed by atoms with Gasteiger partial charge < -0.3 is 4.90 Å². The fourth-order valence-electron chi connectivity index (χ4n) is 2.66. The predicted molar refractivity (Wildman–Crippen MR) is 90.4 cm³/mol. The topological polar surface area (TPSA) is 57.6 Å². The number of hydrogen-bond donors (Lipinski definition) is 1. The summed E-state index contributed by atoms with van der Waals surface area (Å²) >= 11 is 0. The largest absolute Gasteiger partial charge is 0.372 e. The second-order valence-corrected chi connectivity index (χ2v) is 6.66. The van der Waals surface area contributed by atoms with E-state index < -0.39 is 10.1 Å². The van der Waals surface area contributed by atoms with Crippen molar-refractivity contribution in [2.24, 2.45) is 0 Å². The van der Waals surface area contributed by atoms with Gasteiger partial charge in [0.2, 0.25) is 0 Å². The summed E-state index contributed by atoms with van der Waals surface area (Å²) < 4.78 is 31.0. The van der Waals surface area contributed by atoms with Gasteiger partial charge in [-0.15, -0.1) is 12.4 Å². The van der Waals surface area contributed by atoms with Crippen LogP contribution in [0.3, 0.4) is 0 Å². The van der Waals surface area contributed by atoms with Gasteiger partial charge in [0.15, 0.2) is 0 Å². The van der Waals surface area contributed by atoms with Crippen LogP contribution >= 0.6 is 12.4 Å². The first-order valence-electron chi connectivity index (χ1n) is 6.97. The molecule has 0 aliphatic carbocycles. The highest BCUT2D eigenvalue weighted by Crippen LogP contribution is 2.26. The van der Waals surface area contributed by atoms with Crippen molar-refractivity contribution in [3.05, 3.63) is 48.5 Å². The quantitative estimate of drug-likeness (QED) is 0.868.